The minimum Gasteiger partial charge on any atom is -0.282 e. The number of amides is 2. The van der Waals surface area contributed by atoms with Gasteiger partial charge in [-0.15, -0.1) is 0 Å². The molecule has 2 heterocycles. The van der Waals surface area contributed by atoms with Crippen LogP contribution in [-0.4, -0.2) is 16.1 Å². The van der Waals surface area contributed by atoms with E-state index in [1.54, 1.807) is 12.3 Å². The minimum atomic E-state index is -0.349. The zero-order valence-electron chi connectivity index (χ0n) is 10.1. The van der Waals surface area contributed by atoms with Gasteiger partial charge in [-0.05, 0) is 48.9 Å². The van der Waals surface area contributed by atoms with Gasteiger partial charge in [-0.3, -0.25) is 19.9 Å². The molecule has 1 aromatic heterocycles. The summed E-state index contributed by atoms with van der Waals surface area (Å²) in [6, 6.07) is 1.94. The SMILES string of the molecule is C/C=C\c1cc(/C=C2\SC(=O)NC2=O)cnc1C. The van der Waals surface area contributed by atoms with Crippen LogP contribution in [0.25, 0.3) is 12.2 Å². The van der Waals surface area contributed by atoms with Gasteiger partial charge in [0, 0.05) is 11.9 Å². The number of nitrogens with zero attached hydrogens (tertiary/aromatic N) is 1. The molecule has 1 aromatic rings. The third-order valence-electron chi connectivity index (χ3n) is 2.43. The first-order valence-corrected chi connectivity index (χ1v) is 6.26. The quantitative estimate of drug-likeness (QED) is 0.831. The van der Waals surface area contributed by atoms with Crippen molar-refractivity contribution < 1.29 is 9.59 Å². The summed E-state index contributed by atoms with van der Waals surface area (Å²) in [6.07, 6.45) is 7.25. The van der Waals surface area contributed by atoms with Gasteiger partial charge in [-0.2, -0.15) is 0 Å². The van der Waals surface area contributed by atoms with E-state index in [0.29, 0.717) is 4.91 Å². The molecule has 0 bridgehead atoms. The Balaban J connectivity index is 2.35. The first kappa shape index (κ1) is 12.6. The van der Waals surface area contributed by atoms with Crippen molar-refractivity contribution in [3.63, 3.8) is 0 Å². The van der Waals surface area contributed by atoms with Crippen LogP contribution in [0.3, 0.4) is 0 Å². The van der Waals surface area contributed by atoms with Gasteiger partial charge in [0.05, 0.1) is 4.91 Å². The second-order valence-electron chi connectivity index (χ2n) is 3.80. The zero-order chi connectivity index (χ0) is 13.1. The number of pyridine rings is 1. The lowest BCUT2D eigenvalue weighted by molar-refractivity contribution is -0.115. The van der Waals surface area contributed by atoms with Crippen LogP contribution in [0.2, 0.25) is 0 Å². The van der Waals surface area contributed by atoms with Crippen LogP contribution in [0.5, 0.6) is 0 Å². The fourth-order valence-corrected chi connectivity index (χ4v) is 2.25. The van der Waals surface area contributed by atoms with Crippen molar-refractivity contribution in [2.24, 2.45) is 0 Å². The Labute approximate surface area is 109 Å². The van der Waals surface area contributed by atoms with E-state index < -0.39 is 0 Å². The molecule has 0 aliphatic carbocycles. The van der Waals surface area contributed by atoms with E-state index in [9.17, 15) is 9.59 Å². The van der Waals surface area contributed by atoms with E-state index in [2.05, 4.69) is 10.3 Å². The van der Waals surface area contributed by atoms with Crippen LogP contribution >= 0.6 is 11.8 Å². The Kier molecular flexibility index (Phi) is 3.62. The highest BCUT2D eigenvalue weighted by molar-refractivity contribution is 8.18. The summed E-state index contributed by atoms with van der Waals surface area (Å²) in [6.45, 7) is 3.86. The number of hydrogen-bond acceptors (Lipinski definition) is 4. The normalized spacial score (nSPS) is 17.8. The number of aryl methyl sites for hydroxylation is 1. The summed E-state index contributed by atoms with van der Waals surface area (Å²) in [5.74, 6) is -0.349. The molecule has 0 atom stereocenters. The first-order valence-electron chi connectivity index (χ1n) is 5.44. The number of carbonyl (C=O) groups is 2. The Morgan fingerprint density at radius 1 is 1.39 bits per heavy atom. The summed E-state index contributed by atoms with van der Waals surface area (Å²) in [5, 5.41) is 1.89. The second kappa shape index (κ2) is 5.18. The Morgan fingerprint density at radius 3 is 2.78 bits per heavy atom. The third-order valence-corrected chi connectivity index (χ3v) is 3.24. The lowest BCUT2D eigenvalue weighted by atomic mass is 10.1. The maximum absolute atomic E-state index is 11.4. The molecule has 1 aliphatic rings. The van der Waals surface area contributed by atoms with Gasteiger partial charge in [0.2, 0.25) is 0 Å². The molecule has 1 aliphatic heterocycles. The average Bonchev–Trinajstić information content (AvgIpc) is 2.62. The Hall–Kier alpha value is -1.88. The Morgan fingerprint density at radius 2 is 2.17 bits per heavy atom. The molecule has 0 aromatic carbocycles. The largest absolute Gasteiger partial charge is 0.290 e. The summed E-state index contributed by atoms with van der Waals surface area (Å²) in [4.78, 5) is 27.1. The molecule has 2 amide bonds. The van der Waals surface area contributed by atoms with Crippen LogP contribution in [0, 0.1) is 6.92 Å². The smallest absolute Gasteiger partial charge is 0.282 e. The predicted octanol–water partition coefficient (Wildman–Crippen LogP) is 2.75. The molecule has 92 valence electrons. The number of aromatic nitrogens is 1. The highest BCUT2D eigenvalue weighted by Gasteiger charge is 2.24. The zero-order valence-corrected chi connectivity index (χ0v) is 10.9. The molecule has 1 fully saturated rings. The summed E-state index contributed by atoms with van der Waals surface area (Å²) in [5.41, 5.74) is 2.73. The van der Waals surface area contributed by atoms with Crippen molar-refractivity contribution in [2.75, 3.05) is 0 Å². The van der Waals surface area contributed by atoms with Crippen molar-refractivity contribution in [3.8, 4) is 0 Å². The summed E-state index contributed by atoms with van der Waals surface area (Å²) >= 11 is 0.908. The minimum absolute atomic E-state index is 0.333. The molecule has 0 unspecified atom stereocenters. The molecule has 0 saturated carbocycles. The van der Waals surface area contributed by atoms with Crippen LogP contribution < -0.4 is 5.32 Å². The fourth-order valence-electron chi connectivity index (χ4n) is 1.57. The average molecular weight is 260 g/mol. The van der Waals surface area contributed by atoms with Crippen LogP contribution in [0.4, 0.5) is 4.79 Å². The van der Waals surface area contributed by atoms with E-state index in [0.717, 1.165) is 28.6 Å². The van der Waals surface area contributed by atoms with Crippen molar-refractivity contribution in [3.05, 3.63) is 40.1 Å². The van der Waals surface area contributed by atoms with Crippen molar-refractivity contribution in [2.45, 2.75) is 13.8 Å². The van der Waals surface area contributed by atoms with Crippen LogP contribution in [0.15, 0.2) is 23.2 Å². The maximum atomic E-state index is 11.4. The lowest BCUT2D eigenvalue weighted by Gasteiger charge is -2.01. The number of imide groups is 1. The molecule has 18 heavy (non-hydrogen) atoms. The van der Waals surface area contributed by atoms with Crippen LogP contribution in [0.1, 0.15) is 23.7 Å². The van der Waals surface area contributed by atoms with E-state index in [4.69, 9.17) is 0 Å². The third kappa shape index (κ3) is 2.68. The summed E-state index contributed by atoms with van der Waals surface area (Å²) < 4.78 is 0. The Bertz CT molecular complexity index is 576. The number of nitrogens with one attached hydrogen (secondary N) is 1. The van der Waals surface area contributed by atoms with E-state index in [1.165, 1.54) is 0 Å². The molecular weight excluding hydrogens is 248 g/mol. The predicted molar refractivity (Wildman–Crippen MR) is 72.8 cm³/mol. The number of carbonyl (C=O) groups excluding carboxylic acids is 2. The highest BCUT2D eigenvalue weighted by Crippen LogP contribution is 2.25. The first-order chi connectivity index (χ1) is 8.60. The maximum Gasteiger partial charge on any atom is 0.290 e. The van der Waals surface area contributed by atoms with Gasteiger partial charge in [0.15, 0.2) is 0 Å². The summed E-state index contributed by atoms with van der Waals surface area (Å²) in [7, 11) is 0. The monoisotopic (exact) mass is 260 g/mol. The number of thioether (sulfide) groups is 1. The van der Waals surface area contributed by atoms with Gasteiger partial charge in [0.25, 0.3) is 11.1 Å². The van der Waals surface area contributed by atoms with Gasteiger partial charge in [-0.25, -0.2) is 0 Å². The van der Waals surface area contributed by atoms with E-state index >= 15 is 0 Å². The van der Waals surface area contributed by atoms with Gasteiger partial charge in [0.1, 0.15) is 0 Å². The molecule has 1 saturated heterocycles. The van der Waals surface area contributed by atoms with Gasteiger partial charge >= 0.3 is 0 Å². The standard InChI is InChI=1S/C13H12N2O2S/c1-3-4-10-5-9(7-14-8(10)2)6-11-12(16)15-13(17)18-11/h3-7H,1-2H3,(H,15,16,17)/b4-3-,11-6-. The second-order valence-corrected chi connectivity index (χ2v) is 4.81. The van der Waals surface area contributed by atoms with E-state index in [1.807, 2.05) is 32.1 Å². The van der Waals surface area contributed by atoms with E-state index in [-0.39, 0.29) is 11.1 Å². The van der Waals surface area contributed by atoms with Crippen molar-refractivity contribution in [1.82, 2.24) is 10.3 Å². The van der Waals surface area contributed by atoms with Crippen LogP contribution in [-0.2, 0) is 4.79 Å². The molecule has 1 N–H and O–H groups in total. The molecular formula is C13H12N2O2S. The number of allylic oxidation sites excluding steroid dienone is 1. The fraction of sp³-hybridized carbons (Fsp3) is 0.154. The van der Waals surface area contributed by atoms with Gasteiger partial charge in [-0.1, -0.05) is 12.2 Å². The van der Waals surface area contributed by atoms with Crippen molar-refractivity contribution >= 4 is 35.1 Å². The van der Waals surface area contributed by atoms with Gasteiger partial charge < -0.3 is 0 Å². The molecule has 5 heteroatoms. The number of hydrogen-bond donors (Lipinski definition) is 1. The highest BCUT2D eigenvalue weighted by atomic mass is 32.2. The lowest BCUT2D eigenvalue weighted by Crippen LogP contribution is -2.17. The topological polar surface area (TPSA) is 59.1 Å². The molecule has 0 radical (unpaired) electrons. The molecule has 0 spiro atoms. The number of rotatable bonds is 2. The molecule has 2 rings (SSSR count). The molecule has 4 nitrogen and oxygen atoms in total. The van der Waals surface area contributed by atoms with Crippen molar-refractivity contribution in [1.29, 1.82) is 0 Å².